The van der Waals surface area contributed by atoms with Crippen molar-refractivity contribution in [1.29, 1.82) is 0 Å². The average molecular weight is 291 g/mol. The normalized spacial score (nSPS) is 19.9. The van der Waals surface area contributed by atoms with Gasteiger partial charge in [0.1, 0.15) is 0 Å². The first-order valence-electron chi connectivity index (χ1n) is 8.72. The summed E-state index contributed by atoms with van der Waals surface area (Å²) in [7, 11) is 0. The Balaban J connectivity index is 1.57. The van der Waals surface area contributed by atoms with Crippen molar-refractivity contribution in [2.75, 3.05) is 18.0 Å². The molecule has 2 aromatic carbocycles. The van der Waals surface area contributed by atoms with Crippen LogP contribution in [0.15, 0.2) is 54.6 Å². The van der Waals surface area contributed by atoms with Crippen molar-refractivity contribution < 1.29 is 0 Å². The molecule has 1 saturated heterocycles. The second-order valence-corrected chi connectivity index (χ2v) is 7.17. The van der Waals surface area contributed by atoms with Crippen molar-refractivity contribution in [1.82, 2.24) is 0 Å². The van der Waals surface area contributed by atoms with E-state index in [4.69, 9.17) is 0 Å². The van der Waals surface area contributed by atoms with Crippen LogP contribution in [0.5, 0.6) is 0 Å². The van der Waals surface area contributed by atoms with E-state index in [-0.39, 0.29) is 0 Å². The minimum absolute atomic E-state index is 0.639. The lowest BCUT2D eigenvalue weighted by Crippen LogP contribution is -2.25. The molecule has 22 heavy (non-hydrogen) atoms. The summed E-state index contributed by atoms with van der Waals surface area (Å²) < 4.78 is 0. The Morgan fingerprint density at radius 2 is 1.55 bits per heavy atom. The Kier molecular flexibility index (Phi) is 3.65. The van der Waals surface area contributed by atoms with E-state index in [0.717, 1.165) is 6.42 Å². The molecular weight excluding hydrogens is 266 g/mol. The Morgan fingerprint density at radius 1 is 0.818 bits per heavy atom. The molecule has 0 aromatic heterocycles. The van der Waals surface area contributed by atoms with Gasteiger partial charge in [0.05, 0.1) is 0 Å². The Morgan fingerprint density at radius 3 is 2.36 bits per heavy atom. The van der Waals surface area contributed by atoms with Crippen LogP contribution in [-0.2, 0) is 6.42 Å². The van der Waals surface area contributed by atoms with E-state index >= 15 is 0 Å². The summed E-state index contributed by atoms with van der Waals surface area (Å²) >= 11 is 0. The number of anilines is 1. The smallest absolute Gasteiger partial charge is 0.0402 e. The molecule has 0 bridgehead atoms. The molecule has 4 rings (SSSR count). The molecule has 1 heteroatoms. The third kappa shape index (κ3) is 2.65. The topological polar surface area (TPSA) is 3.24 Å². The summed E-state index contributed by atoms with van der Waals surface area (Å²) in [6, 6.07) is 19.9. The van der Waals surface area contributed by atoms with Crippen molar-refractivity contribution in [3.8, 4) is 0 Å². The fourth-order valence-electron chi connectivity index (χ4n) is 4.46. The summed E-state index contributed by atoms with van der Waals surface area (Å²) in [6.07, 6.45) is 8.22. The van der Waals surface area contributed by atoms with Crippen LogP contribution < -0.4 is 4.90 Å². The van der Waals surface area contributed by atoms with Crippen molar-refractivity contribution in [3.63, 3.8) is 0 Å². The quantitative estimate of drug-likeness (QED) is 0.765. The van der Waals surface area contributed by atoms with Gasteiger partial charge in [-0.15, -0.1) is 0 Å². The van der Waals surface area contributed by atoms with Crippen LogP contribution in [-0.4, -0.2) is 13.1 Å². The monoisotopic (exact) mass is 291 g/mol. The molecule has 1 spiro atoms. The van der Waals surface area contributed by atoms with Crippen LogP contribution >= 0.6 is 0 Å². The van der Waals surface area contributed by atoms with Crippen molar-refractivity contribution in [2.45, 2.75) is 38.5 Å². The third-order valence-electron chi connectivity index (χ3n) is 5.67. The molecule has 2 fully saturated rings. The molecule has 0 radical (unpaired) electrons. The van der Waals surface area contributed by atoms with E-state index in [9.17, 15) is 0 Å². The first-order valence-corrected chi connectivity index (χ1v) is 8.72. The minimum atomic E-state index is 0.639. The molecule has 1 nitrogen and oxygen atoms in total. The van der Waals surface area contributed by atoms with Crippen molar-refractivity contribution in [2.24, 2.45) is 5.41 Å². The number of para-hydroxylation sites is 1. The molecule has 0 unspecified atom stereocenters. The molecule has 1 heterocycles. The van der Waals surface area contributed by atoms with Crippen LogP contribution in [0.3, 0.4) is 0 Å². The summed E-state index contributed by atoms with van der Waals surface area (Å²) in [6.45, 7) is 2.52. The summed E-state index contributed by atoms with van der Waals surface area (Å²) in [5.41, 5.74) is 4.99. The number of hydrogen-bond acceptors (Lipinski definition) is 1. The number of hydrogen-bond donors (Lipinski definition) is 0. The average Bonchev–Trinajstić information content (AvgIpc) is 3.19. The van der Waals surface area contributed by atoms with E-state index in [2.05, 4.69) is 59.5 Å². The lowest BCUT2D eigenvalue weighted by Gasteiger charge is -2.26. The van der Waals surface area contributed by atoms with Gasteiger partial charge in [-0.05, 0) is 48.3 Å². The Labute approximate surface area is 134 Å². The SMILES string of the molecule is c1ccc(Cc2ccccc2N2CCC3(CCCC3)C2)cc1. The highest BCUT2D eigenvalue weighted by atomic mass is 15.2. The molecule has 0 atom stereocenters. The van der Waals surface area contributed by atoms with Gasteiger partial charge in [0.2, 0.25) is 0 Å². The van der Waals surface area contributed by atoms with Gasteiger partial charge < -0.3 is 4.90 Å². The summed E-state index contributed by atoms with van der Waals surface area (Å²) in [4.78, 5) is 2.66. The first-order chi connectivity index (χ1) is 10.8. The van der Waals surface area contributed by atoms with Crippen LogP contribution in [0, 0.1) is 5.41 Å². The maximum atomic E-state index is 2.66. The number of benzene rings is 2. The van der Waals surface area contributed by atoms with E-state index in [1.54, 1.807) is 0 Å². The summed E-state index contributed by atoms with van der Waals surface area (Å²) in [5.74, 6) is 0. The predicted octanol–water partition coefficient (Wildman–Crippen LogP) is 5.05. The van der Waals surface area contributed by atoms with Gasteiger partial charge >= 0.3 is 0 Å². The van der Waals surface area contributed by atoms with Gasteiger partial charge in [-0.25, -0.2) is 0 Å². The van der Waals surface area contributed by atoms with E-state index in [1.165, 1.54) is 62.0 Å². The largest absolute Gasteiger partial charge is 0.371 e. The molecular formula is C21H25N. The standard InChI is InChI=1S/C21H25N/c1-2-8-18(9-3-1)16-19-10-4-5-11-20(19)22-15-14-21(17-22)12-6-7-13-21/h1-5,8-11H,6-7,12-17H2. The molecule has 1 aliphatic carbocycles. The molecule has 2 aromatic rings. The predicted molar refractivity (Wildman–Crippen MR) is 93.4 cm³/mol. The molecule has 1 aliphatic heterocycles. The molecule has 2 aliphatic rings. The highest BCUT2D eigenvalue weighted by molar-refractivity contribution is 5.56. The lowest BCUT2D eigenvalue weighted by molar-refractivity contribution is 0.341. The zero-order chi connectivity index (χ0) is 14.8. The zero-order valence-corrected chi connectivity index (χ0v) is 13.3. The van der Waals surface area contributed by atoms with Gasteiger partial charge in [0.15, 0.2) is 0 Å². The van der Waals surface area contributed by atoms with Crippen LogP contribution in [0.2, 0.25) is 0 Å². The third-order valence-corrected chi connectivity index (χ3v) is 5.67. The second-order valence-electron chi connectivity index (χ2n) is 7.17. The lowest BCUT2D eigenvalue weighted by atomic mass is 9.86. The zero-order valence-electron chi connectivity index (χ0n) is 13.3. The van der Waals surface area contributed by atoms with Crippen molar-refractivity contribution in [3.05, 3.63) is 65.7 Å². The Hall–Kier alpha value is -1.76. The van der Waals surface area contributed by atoms with Gasteiger partial charge in [0.25, 0.3) is 0 Å². The van der Waals surface area contributed by atoms with Crippen molar-refractivity contribution >= 4 is 5.69 Å². The maximum Gasteiger partial charge on any atom is 0.0402 e. The summed E-state index contributed by atoms with van der Waals surface area (Å²) in [5, 5.41) is 0. The van der Waals surface area contributed by atoms with Gasteiger partial charge in [-0.1, -0.05) is 61.4 Å². The number of rotatable bonds is 3. The molecule has 0 amide bonds. The van der Waals surface area contributed by atoms with Crippen LogP contribution in [0.4, 0.5) is 5.69 Å². The minimum Gasteiger partial charge on any atom is -0.371 e. The van der Waals surface area contributed by atoms with E-state index in [1.807, 2.05) is 0 Å². The van der Waals surface area contributed by atoms with Crippen LogP contribution in [0.25, 0.3) is 0 Å². The highest BCUT2D eigenvalue weighted by Gasteiger charge is 2.40. The highest BCUT2D eigenvalue weighted by Crippen LogP contribution is 2.46. The maximum absolute atomic E-state index is 2.66. The van der Waals surface area contributed by atoms with Gasteiger partial charge in [-0.2, -0.15) is 0 Å². The fraction of sp³-hybridized carbons (Fsp3) is 0.429. The van der Waals surface area contributed by atoms with E-state index < -0.39 is 0 Å². The van der Waals surface area contributed by atoms with Gasteiger partial charge in [-0.3, -0.25) is 0 Å². The van der Waals surface area contributed by atoms with Crippen LogP contribution in [0.1, 0.15) is 43.2 Å². The number of nitrogens with zero attached hydrogens (tertiary/aromatic N) is 1. The van der Waals surface area contributed by atoms with E-state index in [0.29, 0.717) is 5.41 Å². The molecule has 1 saturated carbocycles. The second kappa shape index (κ2) is 5.79. The molecule has 114 valence electrons. The molecule has 0 N–H and O–H groups in total. The Bertz CT molecular complexity index is 625. The first kappa shape index (κ1) is 13.9. The van der Waals surface area contributed by atoms with Gasteiger partial charge in [0, 0.05) is 18.8 Å². The fourth-order valence-corrected chi connectivity index (χ4v) is 4.46.